The summed E-state index contributed by atoms with van der Waals surface area (Å²) in [5, 5.41) is 2.99. The van der Waals surface area contributed by atoms with Crippen LogP contribution >= 0.6 is 0 Å². The lowest BCUT2D eigenvalue weighted by atomic mass is 10.0. The average molecular weight is 364 g/mol. The second-order valence-electron chi connectivity index (χ2n) is 7.24. The molecule has 1 saturated heterocycles. The molecule has 1 atom stereocenters. The molecule has 1 heterocycles. The Labute approximate surface area is 161 Å². The standard InChI is InChI=1S/C23H28N2O2/c1-4-18-7-6-8-19(5-2)22(18)25-15-20(13-21(25)26)23(27)24-14-17-11-9-16(3)10-12-17/h6-12,20H,4-5,13-15H2,1-3H3,(H,24,27). The summed E-state index contributed by atoms with van der Waals surface area (Å²) in [5.41, 5.74) is 5.62. The first-order valence-corrected chi connectivity index (χ1v) is 9.77. The lowest BCUT2D eigenvalue weighted by Crippen LogP contribution is -2.33. The monoisotopic (exact) mass is 364 g/mol. The highest BCUT2D eigenvalue weighted by Crippen LogP contribution is 2.32. The predicted molar refractivity (Wildman–Crippen MR) is 109 cm³/mol. The molecule has 27 heavy (non-hydrogen) atoms. The van der Waals surface area contributed by atoms with Crippen LogP contribution in [-0.2, 0) is 29.0 Å². The maximum Gasteiger partial charge on any atom is 0.227 e. The summed E-state index contributed by atoms with van der Waals surface area (Å²) in [5.74, 6) is -0.294. The van der Waals surface area contributed by atoms with Crippen molar-refractivity contribution in [2.75, 3.05) is 11.4 Å². The van der Waals surface area contributed by atoms with Crippen molar-refractivity contribution in [1.29, 1.82) is 0 Å². The van der Waals surface area contributed by atoms with Crippen molar-refractivity contribution >= 4 is 17.5 Å². The molecule has 3 rings (SSSR count). The van der Waals surface area contributed by atoms with Gasteiger partial charge in [0.15, 0.2) is 0 Å². The minimum Gasteiger partial charge on any atom is -0.352 e. The van der Waals surface area contributed by atoms with Crippen molar-refractivity contribution in [2.45, 2.75) is 46.6 Å². The van der Waals surface area contributed by atoms with Gasteiger partial charge in [0, 0.05) is 25.2 Å². The quantitative estimate of drug-likeness (QED) is 0.848. The second kappa shape index (κ2) is 8.38. The van der Waals surface area contributed by atoms with E-state index in [4.69, 9.17) is 0 Å². The maximum atomic E-state index is 12.7. The molecule has 2 aromatic rings. The van der Waals surface area contributed by atoms with Crippen LogP contribution in [0.2, 0.25) is 0 Å². The molecule has 1 unspecified atom stereocenters. The predicted octanol–water partition coefficient (Wildman–Crippen LogP) is 3.79. The second-order valence-corrected chi connectivity index (χ2v) is 7.24. The van der Waals surface area contributed by atoms with E-state index in [0.717, 1.165) is 24.1 Å². The molecular formula is C23H28N2O2. The van der Waals surface area contributed by atoms with Gasteiger partial charge >= 0.3 is 0 Å². The summed E-state index contributed by atoms with van der Waals surface area (Å²) in [7, 11) is 0. The van der Waals surface area contributed by atoms with Crippen molar-refractivity contribution in [2.24, 2.45) is 5.92 Å². The number of nitrogens with one attached hydrogen (secondary N) is 1. The number of nitrogens with zero attached hydrogens (tertiary/aromatic N) is 1. The normalized spacial score (nSPS) is 16.6. The van der Waals surface area contributed by atoms with Gasteiger partial charge in [-0.25, -0.2) is 0 Å². The highest BCUT2D eigenvalue weighted by molar-refractivity contribution is 6.01. The molecule has 0 bridgehead atoms. The van der Waals surface area contributed by atoms with E-state index in [0.29, 0.717) is 13.1 Å². The van der Waals surface area contributed by atoms with E-state index in [-0.39, 0.29) is 24.2 Å². The molecule has 2 amide bonds. The molecular weight excluding hydrogens is 336 g/mol. The maximum absolute atomic E-state index is 12.7. The van der Waals surface area contributed by atoms with Crippen LogP contribution in [0.5, 0.6) is 0 Å². The molecule has 1 fully saturated rings. The Morgan fingerprint density at radius 2 is 1.70 bits per heavy atom. The fourth-order valence-electron chi connectivity index (χ4n) is 3.70. The molecule has 1 aliphatic heterocycles. The van der Waals surface area contributed by atoms with Crippen LogP contribution in [0.4, 0.5) is 5.69 Å². The van der Waals surface area contributed by atoms with Gasteiger partial charge in [0.1, 0.15) is 0 Å². The van der Waals surface area contributed by atoms with Crippen molar-refractivity contribution < 1.29 is 9.59 Å². The number of para-hydroxylation sites is 1. The third kappa shape index (κ3) is 4.21. The summed E-state index contributed by atoms with van der Waals surface area (Å²) in [6.45, 7) is 7.20. The molecule has 0 aromatic heterocycles. The molecule has 0 saturated carbocycles. The van der Waals surface area contributed by atoms with Gasteiger partial charge in [-0.3, -0.25) is 9.59 Å². The van der Waals surface area contributed by atoms with Crippen LogP contribution < -0.4 is 10.2 Å². The molecule has 4 heteroatoms. The smallest absolute Gasteiger partial charge is 0.227 e. The number of aryl methyl sites for hydroxylation is 3. The van der Waals surface area contributed by atoms with Crippen molar-refractivity contribution in [3.05, 3.63) is 64.7 Å². The number of anilines is 1. The number of carbonyl (C=O) groups excluding carboxylic acids is 2. The Morgan fingerprint density at radius 3 is 2.30 bits per heavy atom. The zero-order valence-electron chi connectivity index (χ0n) is 16.4. The number of benzene rings is 2. The SMILES string of the molecule is CCc1cccc(CC)c1N1CC(C(=O)NCc2ccc(C)cc2)CC1=O. The molecule has 1 aliphatic rings. The van der Waals surface area contributed by atoms with Gasteiger partial charge in [-0.1, -0.05) is 61.9 Å². The van der Waals surface area contributed by atoms with E-state index in [1.807, 2.05) is 42.2 Å². The van der Waals surface area contributed by atoms with Crippen LogP contribution in [0.15, 0.2) is 42.5 Å². The largest absolute Gasteiger partial charge is 0.352 e. The average Bonchev–Trinajstić information content (AvgIpc) is 3.07. The van der Waals surface area contributed by atoms with Crippen molar-refractivity contribution in [3.8, 4) is 0 Å². The first kappa shape index (κ1) is 19.2. The minimum atomic E-state index is -0.294. The van der Waals surface area contributed by atoms with Crippen LogP contribution in [0.3, 0.4) is 0 Å². The van der Waals surface area contributed by atoms with Crippen LogP contribution in [0.25, 0.3) is 0 Å². The van der Waals surface area contributed by atoms with Gasteiger partial charge < -0.3 is 10.2 Å². The summed E-state index contributed by atoms with van der Waals surface area (Å²) < 4.78 is 0. The van der Waals surface area contributed by atoms with Crippen molar-refractivity contribution in [3.63, 3.8) is 0 Å². The van der Waals surface area contributed by atoms with Crippen molar-refractivity contribution in [1.82, 2.24) is 5.32 Å². The molecule has 0 radical (unpaired) electrons. The van der Waals surface area contributed by atoms with Gasteiger partial charge in [-0.15, -0.1) is 0 Å². The fraction of sp³-hybridized carbons (Fsp3) is 0.391. The van der Waals surface area contributed by atoms with Crippen LogP contribution in [0.1, 0.15) is 42.5 Å². The van der Waals surface area contributed by atoms with Gasteiger partial charge in [0.2, 0.25) is 11.8 Å². The number of amides is 2. The zero-order chi connectivity index (χ0) is 19.4. The minimum absolute atomic E-state index is 0.0427. The Kier molecular flexibility index (Phi) is 5.94. The Hall–Kier alpha value is -2.62. The summed E-state index contributed by atoms with van der Waals surface area (Å²) in [6, 6.07) is 14.3. The van der Waals surface area contributed by atoms with E-state index in [1.54, 1.807) is 0 Å². The number of hydrogen-bond donors (Lipinski definition) is 1. The molecule has 1 N–H and O–H groups in total. The van der Waals surface area contributed by atoms with E-state index in [1.165, 1.54) is 16.7 Å². The van der Waals surface area contributed by atoms with Gasteiger partial charge in [0.25, 0.3) is 0 Å². The fourth-order valence-corrected chi connectivity index (χ4v) is 3.70. The topological polar surface area (TPSA) is 49.4 Å². The number of rotatable bonds is 6. The lowest BCUT2D eigenvalue weighted by Gasteiger charge is -2.23. The van der Waals surface area contributed by atoms with Gasteiger partial charge in [-0.05, 0) is 36.5 Å². The van der Waals surface area contributed by atoms with E-state index in [2.05, 4.69) is 31.3 Å². The molecule has 0 aliphatic carbocycles. The Balaban J connectivity index is 1.70. The van der Waals surface area contributed by atoms with Gasteiger partial charge in [0.05, 0.1) is 5.92 Å². The first-order chi connectivity index (χ1) is 13.0. The molecule has 4 nitrogen and oxygen atoms in total. The molecule has 0 spiro atoms. The highest BCUT2D eigenvalue weighted by Gasteiger charge is 2.36. The molecule has 2 aromatic carbocycles. The third-order valence-corrected chi connectivity index (χ3v) is 5.32. The van der Waals surface area contributed by atoms with E-state index < -0.39 is 0 Å². The summed E-state index contributed by atoms with van der Waals surface area (Å²) in [4.78, 5) is 27.1. The Morgan fingerprint density at radius 1 is 1.07 bits per heavy atom. The number of carbonyl (C=O) groups is 2. The Bertz CT molecular complexity index is 805. The highest BCUT2D eigenvalue weighted by atomic mass is 16.2. The van der Waals surface area contributed by atoms with Crippen LogP contribution in [0, 0.1) is 12.8 Å². The summed E-state index contributed by atoms with van der Waals surface area (Å²) in [6.07, 6.45) is 2.02. The summed E-state index contributed by atoms with van der Waals surface area (Å²) >= 11 is 0. The first-order valence-electron chi connectivity index (χ1n) is 9.77. The number of hydrogen-bond acceptors (Lipinski definition) is 2. The third-order valence-electron chi connectivity index (χ3n) is 5.32. The molecule has 142 valence electrons. The zero-order valence-corrected chi connectivity index (χ0v) is 16.4. The van der Waals surface area contributed by atoms with E-state index >= 15 is 0 Å². The van der Waals surface area contributed by atoms with Gasteiger partial charge in [-0.2, -0.15) is 0 Å². The van der Waals surface area contributed by atoms with E-state index in [9.17, 15) is 9.59 Å². The van der Waals surface area contributed by atoms with Crippen LogP contribution in [-0.4, -0.2) is 18.4 Å². The lowest BCUT2D eigenvalue weighted by molar-refractivity contribution is -0.126.